The van der Waals surface area contributed by atoms with Crippen molar-refractivity contribution in [3.05, 3.63) is 24.4 Å². The molecule has 1 aromatic heterocycles. The van der Waals surface area contributed by atoms with Crippen LogP contribution in [0.1, 0.15) is 13.8 Å². The second-order valence-electron chi connectivity index (χ2n) is 4.95. The number of anilines is 1. The summed E-state index contributed by atoms with van der Waals surface area (Å²) in [5, 5.41) is 3.47. The first-order chi connectivity index (χ1) is 7.17. The molecule has 0 atom stereocenters. The Labute approximate surface area is 91.5 Å². The Morgan fingerprint density at radius 1 is 1.40 bits per heavy atom. The molecule has 1 aliphatic heterocycles. The first-order valence-electron chi connectivity index (χ1n) is 5.54. The van der Waals surface area contributed by atoms with Crippen LogP contribution < -0.4 is 10.2 Å². The molecular formula is C12H19N3. The Morgan fingerprint density at radius 2 is 2.27 bits per heavy atom. The fourth-order valence-corrected chi connectivity index (χ4v) is 2.03. The number of hydrogen-bond acceptors (Lipinski definition) is 3. The van der Waals surface area contributed by atoms with Crippen molar-refractivity contribution in [1.82, 2.24) is 10.3 Å². The van der Waals surface area contributed by atoms with Crippen molar-refractivity contribution in [2.45, 2.75) is 13.8 Å². The first-order valence-corrected chi connectivity index (χ1v) is 5.54. The zero-order valence-corrected chi connectivity index (χ0v) is 9.53. The lowest BCUT2D eigenvalue weighted by Crippen LogP contribution is -2.35. The minimum absolute atomic E-state index is 0.314. The van der Waals surface area contributed by atoms with E-state index in [2.05, 4.69) is 35.1 Å². The normalized spacial score (nSPS) is 21.1. The maximum Gasteiger partial charge on any atom is 0.128 e. The number of hydrogen-bond donors (Lipinski definition) is 1. The quantitative estimate of drug-likeness (QED) is 0.753. The van der Waals surface area contributed by atoms with Gasteiger partial charge >= 0.3 is 0 Å². The van der Waals surface area contributed by atoms with Gasteiger partial charge in [0, 0.05) is 32.4 Å². The smallest absolute Gasteiger partial charge is 0.128 e. The number of pyridine rings is 1. The number of nitrogens with zero attached hydrogens (tertiary/aromatic N) is 2. The largest absolute Gasteiger partial charge is 0.355 e. The van der Waals surface area contributed by atoms with Crippen molar-refractivity contribution < 1.29 is 0 Å². The van der Waals surface area contributed by atoms with Crippen molar-refractivity contribution >= 4 is 5.82 Å². The van der Waals surface area contributed by atoms with Gasteiger partial charge in [0.25, 0.3) is 0 Å². The lowest BCUT2D eigenvalue weighted by molar-refractivity contribution is 0.370. The van der Waals surface area contributed by atoms with Gasteiger partial charge in [-0.05, 0) is 17.5 Å². The van der Waals surface area contributed by atoms with Gasteiger partial charge in [-0.2, -0.15) is 0 Å². The van der Waals surface area contributed by atoms with Crippen LogP contribution in [0.3, 0.4) is 0 Å². The summed E-state index contributed by atoms with van der Waals surface area (Å²) in [6.45, 7) is 8.82. The zero-order chi connectivity index (χ0) is 10.7. The fourth-order valence-electron chi connectivity index (χ4n) is 2.03. The molecule has 1 saturated heterocycles. The highest BCUT2D eigenvalue weighted by Gasteiger charge is 2.24. The predicted octanol–water partition coefficient (Wildman–Crippen LogP) is 1.52. The van der Waals surface area contributed by atoms with E-state index in [0.717, 1.165) is 32.0 Å². The minimum Gasteiger partial charge on any atom is -0.355 e. The minimum atomic E-state index is 0.314. The van der Waals surface area contributed by atoms with Crippen LogP contribution in [0.25, 0.3) is 0 Å². The molecule has 82 valence electrons. The van der Waals surface area contributed by atoms with Crippen molar-refractivity contribution in [3.63, 3.8) is 0 Å². The van der Waals surface area contributed by atoms with Crippen LogP contribution in [-0.2, 0) is 0 Å². The van der Waals surface area contributed by atoms with Gasteiger partial charge in [0.1, 0.15) is 5.82 Å². The molecule has 2 rings (SSSR count). The molecule has 1 aromatic rings. The molecule has 0 spiro atoms. The average molecular weight is 205 g/mol. The Morgan fingerprint density at radius 3 is 3.00 bits per heavy atom. The third-order valence-corrected chi connectivity index (χ3v) is 2.75. The van der Waals surface area contributed by atoms with E-state index in [0.29, 0.717) is 5.41 Å². The SMILES string of the molecule is CC1(C)CNCCN(c2ccccn2)C1. The van der Waals surface area contributed by atoms with E-state index in [1.54, 1.807) is 0 Å². The van der Waals surface area contributed by atoms with E-state index in [1.807, 2.05) is 18.3 Å². The summed E-state index contributed by atoms with van der Waals surface area (Å²) in [7, 11) is 0. The lowest BCUT2D eigenvalue weighted by atomic mass is 9.93. The second kappa shape index (κ2) is 4.19. The van der Waals surface area contributed by atoms with Crippen LogP contribution in [0.5, 0.6) is 0 Å². The van der Waals surface area contributed by atoms with E-state index in [9.17, 15) is 0 Å². The number of nitrogens with one attached hydrogen (secondary N) is 1. The zero-order valence-electron chi connectivity index (χ0n) is 9.53. The highest BCUT2D eigenvalue weighted by Crippen LogP contribution is 2.21. The summed E-state index contributed by atoms with van der Waals surface area (Å²) >= 11 is 0. The molecule has 0 amide bonds. The van der Waals surface area contributed by atoms with Gasteiger partial charge in [-0.3, -0.25) is 0 Å². The lowest BCUT2D eigenvalue weighted by Gasteiger charge is -2.29. The van der Waals surface area contributed by atoms with Crippen molar-refractivity contribution in [2.75, 3.05) is 31.1 Å². The standard InChI is InChI=1S/C12H19N3/c1-12(2)9-13-7-8-15(10-12)11-5-3-4-6-14-11/h3-6,13H,7-10H2,1-2H3. The molecule has 0 unspecified atom stereocenters. The maximum absolute atomic E-state index is 4.41. The number of rotatable bonds is 1. The third kappa shape index (κ3) is 2.69. The summed E-state index contributed by atoms with van der Waals surface area (Å²) in [6.07, 6.45) is 1.86. The highest BCUT2D eigenvalue weighted by atomic mass is 15.2. The fraction of sp³-hybridized carbons (Fsp3) is 0.583. The Bertz CT molecular complexity index is 308. The monoisotopic (exact) mass is 205 g/mol. The van der Waals surface area contributed by atoms with E-state index in [-0.39, 0.29) is 0 Å². The average Bonchev–Trinajstić information content (AvgIpc) is 2.41. The van der Waals surface area contributed by atoms with Crippen LogP contribution in [0, 0.1) is 5.41 Å². The predicted molar refractivity (Wildman–Crippen MR) is 63.1 cm³/mol. The molecule has 0 radical (unpaired) electrons. The van der Waals surface area contributed by atoms with Crippen LogP contribution in [0.2, 0.25) is 0 Å². The van der Waals surface area contributed by atoms with E-state index < -0.39 is 0 Å². The van der Waals surface area contributed by atoms with Gasteiger partial charge in [-0.25, -0.2) is 4.98 Å². The molecule has 1 N–H and O–H groups in total. The Hall–Kier alpha value is -1.09. The Balaban J connectivity index is 2.15. The summed E-state index contributed by atoms with van der Waals surface area (Å²) in [5.41, 5.74) is 0.314. The van der Waals surface area contributed by atoms with Crippen LogP contribution in [0.4, 0.5) is 5.82 Å². The van der Waals surface area contributed by atoms with Crippen LogP contribution in [0.15, 0.2) is 24.4 Å². The summed E-state index contributed by atoms with van der Waals surface area (Å²) in [5.74, 6) is 1.09. The molecule has 0 bridgehead atoms. The molecule has 3 nitrogen and oxygen atoms in total. The van der Waals surface area contributed by atoms with Crippen molar-refractivity contribution in [2.24, 2.45) is 5.41 Å². The van der Waals surface area contributed by atoms with Crippen molar-refractivity contribution in [3.8, 4) is 0 Å². The summed E-state index contributed by atoms with van der Waals surface area (Å²) in [4.78, 5) is 6.77. The topological polar surface area (TPSA) is 28.2 Å². The second-order valence-corrected chi connectivity index (χ2v) is 4.95. The van der Waals surface area contributed by atoms with Gasteiger partial charge in [0.05, 0.1) is 0 Å². The Kier molecular flexibility index (Phi) is 2.91. The highest BCUT2D eigenvalue weighted by molar-refractivity contribution is 5.38. The first kappa shape index (κ1) is 10.4. The summed E-state index contributed by atoms with van der Waals surface area (Å²) in [6, 6.07) is 6.10. The third-order valence-electron chi connectivity index (χ3n) is 2.75. The maximum atomic E-state index is 4.41. The molecule has 0 aromatic carbocycles. The van der Waals surface area contributed by atoms with Gasteiger partial charge in [0.2, 0.25) is 0 Å². The van der Waals surface area contributed by atoms with Crippen molar-refractivity contribution in [1.29, 1.82) is 0 Å². The van der Waals surface area contributed by atoms with E-state index in [1.165, 1.54) is 0 Å². The molecule has 0 aliphatic carbocycles. The van der Waals surface area contributed by atoms with E-state index in [4.69, 9.17) is 0 Å². The molecular weight excluding hydrogens is 186 g/mol. The molecule has 0 saturated carbocycles. The van der Waals surface area contributed by atoms with Gasteiger partial charge < -0.3 is 10.2 Å². The van der Waals surface area contributed by atoms with Crippen LogP contribution >= 0.6 is 0 Å². The van der Waals surface area contributed by atoms with Gasteiger partial charge in [-0.1, -0.05) is 19.9 Å². The summed E-state index contributed by atoms with van der Waals surface area (Å²) < 4.78 is 0. The molecule has 15 heavy (non-hydrogen) atoms. The molecule has 1 aliphatic rings. The molecule has 3 heteroatoms. The number of aromatic nitrogens is 1. The van der Waals surface area contributed by atoms with Crippen LogP contribution in [-0.4, -0.2) is 31.2 Å². The molecule has 2 heterocycles. The van der Waals surface area contributed by atoms with Gasteiger partial charge in [-0.15, -0.1) is 0 Å². The van der Waals surface area contributed by atoms with E-state index >= 15 is 0 Å². The molecule has 1 fully saturated rings. The van der Waals surface area contributed by atoms with Gasteiger partial charge in [0.15, 0.2) is 0 Å².